The molecule has 106 valence electrons. The summed E-state index contributed by atoms with van der Waals surface area (Å²) in [6.07, 6.45) is -10.1. The van der Waals surface area contributed by atoms with Gasteiger partial charge >= 0.3 is 12.4 Å². The molecule has 0 radical (unpaired) electrons. The molecular formula is C9H12F6N2O. The molecule has 9 heteroatoms. The van der Waals surface area contributed by atoms with Crippen molar-refractivity contribution in [2.45, 2.75) is 37.2 Å². The highest BCUT2D eigenvalue weighted by Gasteiger charge is 2.62. The van der Waals surface area contributed by atoms with Gasteiger partial charge in [-0.1, -0.05) is 0 Å². The first-order chi connectivity index (χ1) is 8.02. The normalized spacial score (nSPS) is 19.6. The lowest BCUT2D eigenvalue weighted by atomic mass is 9.76. The van der Waals surface area contributed by atoms with Gasteiger partial charge in [0.05, 0.1) is 5.54 Å². The summed E-state index contributed by atoms with van der Waals surface area (Å²) in [4.78, 5) is 11.2. The van der Waals surface area contributed by atoms with E-state index in [0.29, 0.717) is 6.42 Å². The van der Waals surface area contributed by atoms with Crippen LogP contribution < -0.4 is 11.1 Å². The van der Waals surface area contributed by atoms with Crippen molar-refractivity contribution in [3.8, 4) is 0 Å². The second-order valence-electron chi connectivity index (χ2n) is 4.34. The van der Waals surface area contributed by atoms with E-state index in [2.05, 4.69) is 0 Å². The average Bonchev–Trinajstić information content (AvgIpc) is 2.06. The van der Waals surface area contributed by atoms with Crippen LogP contribution in [0.25, 0.3) is 0 Å². The summed E-state index contributed by atoms with van der Waals surface area (Å²) in [7, 11) is 0. The lowest BCUT2D eigenvalue weighted by molar-refractivity contribution is -0.274. The monoisotopic (exact) mass is 278 g/mol. The Morgan fingerprint density at radius 3 is 1.83 bits per heavy atom. The third-order valence-electron chi connectivity index (χ3n) is 3.01. The molecule has 0 aromatic heterocycles. The van der Waals surface area contributed by atoms with E-state index in [0.717, 1.165) is 0 Å². The molecule has 0 heterocycles. The molecule has 0 atom stereocenters. The number of carbonyl (C=O) groups is 1. The zero-order valence-corrected chi connectivity index (χ0v) is 9.16. The van der Waals surface area contributed by atoms with Crippen LogP contribution in [0, 0.1) is 5.92 Å². The van der Waals surface area contributed by atoms with E-state index in [9.17, 15) is 31.1 Å². The van der Waals surface area contributed by atoms with Gasteiger partial charge in [0.2, 0.25) is 11.8 Å². The number of hydrogen-bond donors (Lipinski definition) is 2. The van der Waals surface area contributed by atoms with Crippen molar-refractivity contribution in [2.24, 2.45) is 11.7 Å². The summed E-state index contributed by atoms with van der Waals surface area (Å²) in [6, 6.07) is 0. The van der Waals surface area contributed by atoms with Crippen molar-refractivity contribution in [3.63, 3.8) is 0 Å². The summed E-state index contributed by atoms with van der Waals surface area (Å²) >= 11 is 0. The SMILES string of the molecule is NCC1(NC(=O)C(C(F)(F)F)C(F)(F)F)CCC1. The number of alkyl halides is 6. The van der Waals surface area contributed by atoms with Crippen molar-refractivity contribution in [2.75, 3.05) is 6.54 Å². The van der Waals surface area contributed by atoms with Crippen molar-refractivity contribution < 1.29 is 31.1 Å². The van der Waals surface area contributed by atoms with Crippen LogP contribution in [-0.4, -0.2) is 30.3 Å². The smallest absolute Gasteiger partial charge is 0.349 e. The highest BCUT2D eigenvalue weighted by molar-refractivity contribution is 5.81. The Balaban J connectivity index is 2.84. The van der Waals surface area contributed by atoms with Gasteiger partial charge in [-0.2, -0.15) is 26.3 Å². The first-order valence-electron chi connectivity index (χ1n) is 5.17. The maximum Gasteiger partial charge on any atom is 0.409 e. The Bertz CT molecular complexity index is 300. The van der Waals surface area contributed by atoms with Crippen LogP contribution >= 0.6 is 0 Å². The van der Waals surface area contributed by atoms with Crippen LogP contribution in [0.1, 0.15) is 19.3 Å². The van der Waals surface area contributed by atoms with E-state index in [4.69, 9.17) is 5.73 Å². The Hall–Kier alpha value is -0.990. The van der Waals surface area contributed by atoms with Crippen molar-refractivity contribution >= 4 is 5.91 Å². The van der Waals surface area contributed by atoms with Crippen LogP contribution in [0.15, 0.2) is 0 Å². The topological polar surface area (TPSA) is 55.1 Å². The van der Waals surface area contributed by atoms with Gasteiger partial charge in [0, 0.05) is 6.54 Å². The number of rotatable bonds is 3. The molecule has 1 aliphatic carbocycles. The van der Waals surface area contributed by atoms with E-state index in [-0.39, 0.29) is 19.4 Å². The first kappa shape index (κ1) is 15.1. The summed E-state index contributed by atoms with van der Waals surface area (Å²) in [5.41, 5.74) is 4.14. The Morgan fingerprint density at radius 2 is 1.61 bits per heavy atom. The molecule has 0 saturated heterocycles. The van der Waals surface area contributed by atoms with Crippen LogP contribution in [0.2, 0.25) is 0 Å². The average molecular weight is 278 g/mol. The van der Waals surface area contributed by atoms with E-state index in [1.165, 1.54) is 0 Å². The van der Waals surface area contributed by atoms with Crippen molar-refractivity contribution in [1.82, 2.24) is 5.32 Å². The van der Waals surface area contributed by atoms with Crippen LogP contribution in [0.4, 0.5) is 26.3 Å². The molecule has 1 rings (SSSR count). The van der Waals surface area contributed by atoms with Gasteiger partial charge in [-0.3, -0.25) is 4.79 Å². The summed E-state index contributed by atoms with van der Waals surface area (Å²) in [6.45, 7) is -0.179. The third-order valence-corrected chi connectivity index (χ3v) is 3.01. The van der Waals surface area contributed by atoms with E-state index < -0.39 is 29.7 Å². The Morgan fingerprint density at radius 1 is 1.17 bits per heavy atom. The molecule has 0 unspecified atom stereocenters. The van der Waals surface area contributed by atoms with Crippen molar-refractivity contribution in [3.05, 3.63) is 0 Å². The van der Waals surface area contributed by atoms with Gasteiger partial charge in [0.15, 0.2) is 0 Å². The van der Waals surface area contributed by atoms with Gasteiger partial charge in [-0.05, 0) is 19.3 Å². The van der Waals surface area contributed by atoms with Gasteiger partial charge in [0.1, 0.15) is 0 Å². The number of nitrogens with one attached hydrogen (secondary N) is 1. The quantitative estimate of drug-likeness (QED) is 0.772. The van der Waals surface area contributed by atoms with E-state index in [1.54, 1.807) is 5.32 Å². The van der Waals surface area contributed by atoms with Crippen LogP contribution in [-0.2, 0) is 4.79 Å². The fraction of sp³-hybridized carbons (Fsp3) is 0.889. The van der Waals surface area contributed by atoms with Gasteiger partial charge in [-0.15, -0.1) is 0 Å². The standard InChI is InChI=1S/C9H12F6N2O/c10-8(11,12)5(9(13,14)15)6(18)17-7(4-16)2-1-3-7/h5H,1-4,16H2,(H,17,18). The molecular weight excluding hydrogens is 266 g/mol. The number of hydrogen-bond acceptors (Lipinski definition) is 2. The zero-order chi connectivity index (χ0) is 14.2. The minimum absolute atomic E-state index is 0.179. The van der Waals surface area contributed by atoms with E-state index in [1.807, 2.05) is 0 Å². The summed E-state index contributed by atoms with van der Waals surface area (Å²) in [5.74, 6) is -6.09. The van der Waals surface area contributed by atoms with Gasteiger partial charge in [0.25, 0.3) is 0 Å². The molecule has 1 amide bonds. The highest BCUT2D eigenvalue weighted by Crippen LogP contribution is 2.40. The molecule has 0 bridgehead atoms. The predicted molar refractivity (Wildman–Crippen MR) is 49.4 cm³/mol. The second-order valence-corrected chi connectivity index (χ2v) is 4.34. The fourth-order valence-corrected chi connectivity index (χ4v) is 1.80. The molecule has 3 nitrogen and oxygen atoms in total. The third kappa shape index (κ3) is 3.06. The molecule has 1 aliphatic rings. The van der Waals surface area contributed by atoms with E-state index >= 15 is 0 Å². The molecule has 0 aliphatic heterocycles. The molecule has 0 aromatic rings. The largest absolute Gasteiger partial charge is 0.409 e. The lowest BCUT2D eigenvalue weighted by Gasteiger charge is -2.42. The molecule has 3 N–H and O–H groups in total. The fourth-order valence-electron chi connectivity index (χ4n) is 1.80. The molecule has 0 aromatic carbocycles. The predicted octanol–water partition coefficient (Wildman–Crippen LogP) is 1.72. The minimum Gasteiger partial charge on any atom is -0.349 e. The van der Waals surface area contributed by atoms with Gasteiger partial charge in [-0.25, -0.2) is 0 Å². The summed E-state index contributed by atoms with van der Waals surface area (Å²) < 4.78 is 73.5. The summed E-state index contributed by atoms with van der Waals surface area (Å²) in [5, 5.41) is 1.79. The molecule has 1 fully saturated rings. The second kappa shape index (κ2) is 4.60. The zero-order valence-electron chi connectivity index (χ0n) is 9.16. The van der Waals surface area contributed by atoms with Crippen LogP contribution in [0.3, 0.4) is 0 Å². The number of nitrogens with two attached hydrogens (primary N) is 1. The Kier molecular flexibility index (Phi) is 3.85. The maximum absolute atomic E-state index is 12.3. The molecule has 0 spiro atoms. The number of amides is 1. The van der Waals surface area contributed by atoms with Crippen molar-refractivity contribution in [1.29, 1.82) is 0 Å². The number of carbonyl (C=O) groups excluding carboxylic acids is 1. The number of halogens is 6. The van der Waals surface area contributed by atoms with Crippen LogP contribution in [0.5, 0.6) is 0 Å². The first-order valence-corrected chi connectivity index (χ1v) is 5.17. The van der Waals surface area contributed by atoms with Gasteiger partial charge < -0.3 is 11.1 Å². The maximum atomic E-state index is 12.3. The Labute approximate surface area is 98.7 Å². The minimum atomic E-state index is -5.66. The highest BCUT2D eigenvalue weighted by atomic mass is 19.4. The lowest BCUT2D eigenvalue weighted by Crippen LogP contribution is -2.62. The molecule has 1 saturated carbocycles. The molecule has 18 heavy (non-hydrogen) atoms.